The van der Waals surface area contributed by atoms with Crippen LogP contribution in [0, 0.1) is 0 Å². The fourth-order valence-electron chi connectivity index (χ4n) is 0.933. The Hall–Kier alpha value is 0.0644. The van der Waals surface area contributed by atoms with E-state index in [0.29, 0.717) is 0 Å². The topological polar surface area (TPSA) is 0 Å². The molecule has 1 heteroatoms. The van der Waals surface area contributed by atoms with Crippen molar-refractivity contribution in [3.63, 3.8) is 0 Å². The first-order chi connectivity index (χ1) is 4.11. The van der Waals surface area contributed by atoms with Crippen LogP contribution in [0.15, 0.2) is 22.5 Å². The minimum atomic E-state index is -1.24. The standard InChI is InChI=1S/C5H5.3CH3.V/c1-2-4-5-3-1;;;;/h1-3H,4H2;3*1H3;. The third-order valence-corrected chi connectivity index (χ3v) is 4.82. The van der Waals surface area contributed by atoms with Gasteiger partial charge in [-0.05, 0) is 0 Å². The number of allylic oxidation sites excluding steroid dienone is 4. The van der Waals surface area contributed by atoms with Gasteiger partial charge in [-0.15, -0.1) is 0 Å². The van der Waals surface area contributed by atoms with Gasteiger partial charge in [0.2, 0.25) is 0 Å². The van der Waals surface area contributed by atoms with Crippen molar-refractivity contribution < 1.29 is 14.0 Å². The molecule has 0 saturated carbocycles. The quantitative estimate of drug-likeness (QED) is 0.554. The molecule has 0 spiro atoms. The van der Waals surface area contributed by atoms with Crippen LogP contribution in [0.1, 0.15) is 6.42 Å². The van der Waals surface area contributed by atoms with Gasteiger partial charge in [-0.2, -0.15) is 0 Å². The van der Waals surface area contributed by atoms with Crippen LogP contribution in [-0.4, -0.2) is 0 Å². The molecule has 51 valence electrons. The van der Waals surface area contributed by atoms with E-state index in [1.165, 1.54) is 6.42 Å². The summed E-state index contributed by atoms with van der Waals surface area (Å²) >= 11 is -1.24. The molecule has 0 nitrogen and oxygen atoms in total. The molecule has 1 aliphatic carbocycles. The van der Waals surface area contributed by atoms with Gasteiger partial charge in [-0.25, -0.2) is 0 Å². The fraction of sp³-hybridized carbons (Fsp3) is 0.500. The first kappa shape index (κ1) is 7.17. The summed E-state index contributed by atoms with van der Waals surface area (Å²) in [5.41, 5.74) is 7.28. The Bertz CT molecular complexity index is 158. The van der Waals surface area contributed by atoms with E-state index in [0.717, 1.165) is 0 Å². The van der Waals surface area contributed by atoms with Crippen molar-refractivity contribution in [1.82, 2.24) is 0 Å². The molecular weight excluding hydrogens is 147 g/mol. The van der Waals surface area contributed by atoms with Gasteiger partial charge < -0.3 is 0 Å². The third-order valence-electron chi connectivity index (χ3n) is 1.61. The summed E-state index contributed by atoms with van der Waals surface area (Å²) < 4.78 is 1.72. The molecule has 1 rings (SSSR count). The fourth-order valence-corrected chi connectivity index (χ4v) is 2.79. The van der Waals surface area contributed by atoms with Gasteiger partial charge in [-0.1, -0.05) is 0 Å². The molecule has 0 saturated heterocycles. The summed E-state index contributed by atoms with van der Waals surface area (Å²) in [5, 5.41) is 0. The number of hydrogen-bond acceptors (Lipinski definition) is 0. The zero-order valence-corrected chi connectivity index (χ0v) is 7.78. The Labute approximate surface area is 60.2 Å². The monoisotopic (exact) mass is 161 g/mol. The van der Waals surface area contributed by atoms with Gasteiger partial charge in [0.1, 0.15) is 0 Å². The van der Waals surface area contributed by atoms with E-state index in [-0.39, 0.29) is 0 Å². The second-order valence-electron chi connectivity index (χ2n) is 3.30. The molecule has 0 unspecified atom stereocenters. The molecule has 0 N–H and O–H groups in total. The molecule has 0 aromatic carbocycles. The van der Waals surface area contributed by atoms with Gasteiger partial charge in [0.25, 0.3) is 0 Å². The van der Waals surface area contributed by atoms with E-state index in [1.54, 1.807) is 4.28 Å². The van der Waals surface area contributed by atoms with Gasteiger partial charge in [0, 0.05) is 0 Å². The normalized spacial score (nSPS) is 18.3. The van der Waals surface area contributed by atoms with Gasteiger partial charge in [-0.3, -0.25) is 0 Å². The summed E-state index contributed by atoms with van der Waals surface area (Å²) in [4.78, 5) is 0. The molecular formula is C8H14V. The maximum atomic E-state index is 2.43. The van der Waals surface area contributed by atoms with E-state index in [4.69, 9.17) is 0 Å². The number of rotatable bonds is 1. The Morgan fingerprint density at radius 2 is 2.00 bits per heavy atom. The molecule has 0 radical (unpaired) electrons. The molecule has 0 amide bonds. The molecule has 0 aromatic rings. The Morgan fingerprint density at radius 3 is 2.22 bits per heavy atom. The minimum absolute atomic E-state index is 1.23. The van der Waals surface area contributed by atoms with Crippen molar-refractivity contribution in [1.29, 1.82) is 0 Å². The molecule has 1 aliphatic rings. The Morgan fingerprint density at radius 1 is 1.33 bits per heavy atom. The summed E-state index contributed by atoms with van der Waals surface area (Å²) in [6, 6.07) is 0. The predicted molar refractivity (Wildman–Crippen MR) is 39.4 cm³/mol. The van der Waals surface area contributed by atoms with Crippen LogP contribution in [0.5, 0.6) is 0 Å². The Balaban J connectivity index is 2.66. The third kappa shape index (κ3) is 1.74. The molecule has 0 aliphatic heterocycles. The van der Waals surface area contributed by atoms with Crippen molar-refractivity contribution >= 4 is 0 Å². The van der Waals surface area contributed by atoms with E-state index >= 15 is 0 Å². The zero-order chi connectivity index (χ0) is 6.91. The van der Waals surface area contributed by atoms with Crippen LogP contribution in [0.25, 0.3) is 0 Å². The van der Waals surface area contributed by atoms with E-state index < -0.39 is 14.0 Å². The van der Waals surface area contributed by atoms with Crippen LogP contribution >= 0.6 is 0 Å². The second kappa shape index (κ2) is 2.36. The first-order valence-corrected chi connectivity index (χ1v) is 8.17. The molecule has 0 heterocycles. The summed E-state index contributed by atoms with van der Waals surface area (Å²) in [6.07, 6.45) is 7.97. The van der Waals surface area contributed by atoms with Gasteiger partial charge in [0.05, 0.1) is 0 Å². The maximum absolute atomic E-state index is 2.43. The van der Waals surface area contributed by atoms with Crippen molar-refractivity contribution in [2.24, 2.45) is 0 Å². The molecule has 0 atom stereocenters. The van der Waals surface area contributed by atoms with Crippen LogP contribution in [0.2, 0.25) is 16.9 Å². The van der Waals surface area contributed by atoms with Gasteiger partial charge in [0.15, 0.2) is 0 Å². The van der Waals surface area contributed by atoms with Gasteiger partial charge >= 0.3 is 59.9 Å². The Kier molecular flexibility index (Phi) is 1.88. The number of hydrogen-bond donors (Lipinski definition) is 0. The van der Waals surface area contributed by atoms with Crippen molar-refractivity contribution in [2.75, 3.05) is 0 Å². The van der Waals surface area contributed by atoms with Crippen LogP contribution in [0.4, 0.5) is 0 Å². The van der Waals surface area contributed by atoms with Crippen LogP contribution in [0.3, 0.4) is 0 Å². The van der Waals surface area contributed by atoms with E-state index in [2.05, 4.69) is 35.1 Å². The molecule has 0 bridgehead atoms. The average molecular weight is 161 g/mol. The summed E-state index contributed by atoms with van der Waals surface area (Å²) in [5.74, 6) is 0. The van der Waals surface area contributed by atoms with E-state index in [9.17, 15) is 0 Å². The average Bonchev–Trinajstić information content (AvgIpc) is 2.08. The predicted octanol–water partition coefficient (Wildman–Crippen LogP) is 3.13. The van der Waals surface area contributed by atoms with E-state index in [1.807, 2.05) is 0 Å². The molecule has 9 heavy (non-hydrogen) atoms. The zero-order valence-electron chi connectivity index (χ0n) is 6.39. The van der Waals surface area contributed by atoms with Crippen LogP contribution < -0.4 is 0 Å². The second-order valence-corrected chi connectivity index (χ2v) is 10.5. The van der Waals surface area contributed by atoms with Crippen LogP contribution in [-0.2, 0) is 14.0 Å². The van der Waals surface area contributed by atoms with Crippen molar-refractivity contribution in [2.45, 2.75) is 23.3 Å². The molecule has 0 fully saturated rings. The summed E-state index contributed by atoms with van der Waals surface area (Å²) in [6.45, 7) is 0. The van der Waals surface area contributed by atoms with Crippen molar-refractivity contribution in [3.8, 4) is 0 Å². The molecule has 0 aromatic heterocycles. The SMILES string of the molecule is [CH3][V]([CH3])([CH3])[C]1=CC=CC1. The van der Waals surface area contributed by atoms with Crippen molar-refractivity contribution in [3.05, 3.63) is 22.5 Å². The summed E-state index contributed by atoms with van der Waals surface area (Å²) in [7, 11) is 0. The first-order valence-electron chi connectivity index (χ1n) is 3.28.